The van der Waals surface area contributed by atoms with E-state index in [1.165, 1.54) is 21.5 Å². The van der Waals surface area contributed by atoms with Crippen LogP contribution in [0.2, 0.25) is 0 Å². The fourth-order valence-corrected chi connectivity index (χ4v) is 5.65. The second kappa shape index (κ2) is 8.09. The van der Waals surface area contributed by atoms with Gasteiger partial charge in [0.05, 0.1) is 29.2 Å². The topological polar surface area (TPSA) is 55.4 Å². The number of carbonyl (C=O) groups is 1. The molecule has 2 unspecified atom stereocenters. The Hall–Kier alpha value is -3.83. The van der Waals surface area contributed by atoms with Gasteiger partial charge in [0, 0.05) is 30.4 Å². The predicted molar refractivity (Wildman–Crippen MR) is 119 cm³/mol. The number of carbonyl (C=O) groups excluding carboxylic acids is 1. The van der Waals surface area contributed by atoms with Crippen LogP contribution >= 0.6 is 0 Å². The smallest absolute Gasteiger partial charge is 0.325 e. The van der Waals surface area contributed by atoms with Crippen molar-refractivity contribution in [2.75, 3.05) is 0 Å². The molecule has 5 heterocycles. The molecule has 0 spiro atoms. The summed E-state index contributed by atoms with van der Waals surface area (Å²) >= 11 is 0. The van der Waals surface area contributed by atoms with Gasteiger partial charge in [0.15, 0.2) is 17.5 Å². The zero-order valence-electron chi connectivity index (χ0n) is 19.4. The molecule has 4 aromatic rings. The summed E-state index contributed by atoms with van der Waals surface area (Å²) in [4.78, 5) is 19.4. The number of rotatable bonds is 2. The van der Waals surface area contributed by atoms with E-state index >= 15 is 0 Å². The SMILES string of the molecule is Cn1nc2c(c1-c1cc(F)c(F)c(F)c1)CC1CCCC2N1C(=O)c1cnc2cc(C(F)(F)F)ccn12. The van der Waals surface area contributed by atoms with Crippen molar-refractivity contribution in [1.29, 1.82) is 0 Å². The molecule has 0 N–H and O–H groups in total. The molecular formula is C25H19F6N5O. The Morgan fingerprint density at radius 1 is 1.08 bits per heavy atom. The van der Waals surface area contributed by atoms with Crippen LogP contribution in [0.4, 0.5) is 26.3 Å². The van der Waals surface area contributed by atoms with Gasteiger partial charge in [0.1, 0.15) is 11.3 Å². The van der Waals surface area contributed by atoms with Crippen LogP contribution in [0, 0.1) is 17.5 Å². The number of amides is 1. The molecule has 3 aromatic heterocycles. The highest BCUT2D eigenvalue weighted by Crippen LogP contribution is 2.45. The van der Waals surface area contributed by atoms with Gasteiger partial charge in [-0.15, -0.1) is 0 Å². The van der Waals surface area contributed by atoms with E-state index in [-0.39, 0.29) is 22.9 Å². The Labute approximate surface area is 206 Å². The minimum atomic E-state index is -4.54. The zero-order chi connectivity index (χ0) is 26.2. The molecule has 6 rings (SSSR count). The molecule has 1 aromatic carbocycles. The number of nitrogens with zero attached hydrogens (tertiary/aromatic N) is 5. The number of aromatic nitrogens is 4. The van der Waals surface area contributed by atoms with Gasteiger partial charge in [0.25, 0.3) is 5.91 Å². The number of piperidine rings is 1. The number of hydrogen-bond donors (Lipinski definition) is 0. The molecule has 0 radical (unpaired) electrons. The average Bonchev–Trinajstić information content (AvgIpc) is 3.41. The van der Waals surface area contributed by atoms with Crippen LogP contribution in [-0.2, 0) is 19.6 Å². The van der Waals surface area contributed by atoms with E-state index in [0.29, 0.717) is 30.7 Å². The highest BCUT2D eigenvalue weighted by molar-refractivity contribution is 5.94. The second-order valence-corrected chi connectivity index (χ2v) is 9.39. The van der Waals surface area contributed by atoms with Gasteiger partial charge < -0.3 is 4.90 Å². The van der Waals surface area contributed by atoms with E-state index in [1.54, 1.807) is 11.9 Å². The molecule has 2 aliphatic heterocycles. The maximum Gasteiger partial charge on any atom is 0.416 e. The Morgan fingerprint density at radius 3 is 2.51 bits per heavy atom. The van der Waals surface area contributed by atoms with E-state index in [9.17, 15) is 31.1 Å². The van der Waals surface area contributed by atoms with Crippen molar-refractivity contribution in [3.8, 4) is 11.3 Å². The first-order valence-corrected chi connectivity index (χ1v) is 11.6. The van der Waals surface area contributed by atoms with Crippen molar-refractivity contribution in [2.24, 2.45) is 7.05 Å². The third kappa shape index (κ3) is 3.60. The molecule has 6 nitrogen and oxygen atoms in total. The number of fused-ring (bicyclic) bond motifs is 5. The first kappa shape index (κ1) is 23.6. The van der Waals surface area contributed by atoms with Crippen molar-refractivity contribution in [3.63, 3.8) is 0 Å². The van der Waals surface area contributed by atoms with E-state index in [0.717, 1.165) is 36.2 Å². The number of benzene rings is 1. The van der Waals surface area contributed by atoms with E-state index in [1.807, 2.05) is 0 Å². The van der Waals surface area contributed by atoms with Crippen molar-refractivity contribution in [1.82, 2.24) is 24.1 Å². The fourth-order valence-electron chi connectivity index (χ4n) is 5.65. The third-order valence-electron chi connectivity index (χ3n) is 7.23. The number of imidazole rings is 1. The second-order valence-electron chi connectivity index (χ2n) is 9.39. The molecule has 12 heteroatoms. The molecule has 1 amide bonds. The lowest BCUT2D eigenvalue weighted by Crippen LogP contribution is -2.50. The standard InChI is InChI=1S/C25H19F6N5O/c1-34-23(12-7-16(26)21(28)17(27)8-12)15-10-14-3-2-4-18(22(15)33-34)36(14)24(37)19-11-32-20-9-13(25(29,30)31)5-6-35(19)20/h5-9,11,14,18H,2-4,10H2,1H3. The lowest BCUT2D eigenvalue weighted by Gasteiger charge is -2.45. The van der Waals surface area contributed by atoms with Crippen LogP contribution < -0.4 is 0 Å². The quantitative estimate of drug-likeness (QED) is 0.261. The van der Waals surface area contributed by atoms with Gasteiger partial charge in [-0.1, -0.05) is 0 Å². The van der Waals surface area contributed by atoms with E-state index < -0.39 is 41.1 Å². The van der Waals surface area contributed by atoms with Crippen LogP contribution in [0.1, 0.15) is 52.6 Å². The van der Waals surface area contributed by atoms with Gasteiger partial charge in [-0.2, -0.15) is 18.3 Å². The van der Waals surface area contributed by atoms with E-state index in [4.69, 9.17) is 0 Å². The van der Waals surface area contributed by atoms with Crippen LogP contribution in [0.25, 0.3) is 16.9 Å². The molecule has 1 fully saturated rings. The molecule has 2 aliphatic rings. The molecule has 1 saturated heterocycles. The highest BCUT2D eigenvalue weighted by Gasteiger charge is 2.44. The molecule has 2 atom stereocenters. The maximum atomic E-state index is 14.0. The summed E-state index contributed by atoms with van der Waals surface area (Å²) in [5.41, 5.74) is 1.18. The average molecular weight is 519 g/mol. The summed E-state index contributed by atoms with van der Waals surface area (Å²) in [6.07, 6.45) is 0.342. The minimum absolute atomic E-state index is 0.00141. The van der Waals surface area contributed by atoms with Crippen molar-refractivity contribution < 1.29 is 31.1 Å². The number of hydrogen-bond acceptors (Lipinski definition) is 3. The Morgan fingerprint density at radius 2 is 1.81 bits per heavy atom. The van der Waals surface area contributed by atoms with Gasteiger partial charge in [-0.3, -0.25) is 13.9 Å². The zero-order valence-corrected chi connectivity index (χ0v) is 19.4. The largest absolute Gasteiger partial charge is 0.416 e. The molecule has 0 saturated carbocycles. The van der Waals surface area contributed by atoms with Crippen molar-refractivity contribution >= 4 is 11.6 Å². The fraction of sp³-hybridized carbons (Fsp3) is 0.320. The summed E-state index contributed by atoms with van der Waals surface area (Å²) in [5.74, 6) is -4.56. The van der Waals surface area contributed by atoms with E-state index in [2.05, 4.69) is 10.1 Å². The molecular weight excluding hydrogens is 500 g/mol. The number of alkyl halides is 3. The molecule has 37 heavy (non-hydrogen) atoms. The molecule has 192 valence electrons. The van der Waals surface area contributed by atoms with Gasteiger partial charge in [-0.25, -0.2) is 18.2 Å². The monoisotopic (exact) mass is 519 g/mol. The van der Waals surface area contributed by atoms with Gasteiger partial charge in [0.2, 0.25) is 0 Å². The van der Waals surface area contributed by atoms with Crippen LogP contribution in [0.15, 0.2) is 36.7 Å². The highest BCUT2D eigenvalue weighted by atomic mass is 19.4. The number of halogens is 6. The molecule has 2 bridgehead atoms. The Balaban J connectivity index is 1.41. The van der Waals surface area contributed by atoms with Crippen LogP contribution in [0.3, 0.4) is 0 Å². The first-order valence-electron chi connectivity index (χ1n) is 11.6. The lowest BCUT2D eigenvalue weighted by molar-refractivity contribution is -0.137. The van der Waals surface area contributed by atoms with Crippen LogP contribution in [0.5, 0.6) is 0 Å². The first-order chi connectivity index (χ1) is 17.5. The normalized spacial score (nSPS) is 19.4. The van der Waals surface area contributed by atoms with Crippen LogP contribution in [-0.4, -0.2) is 36.0 Å². The number of aryl methyl sites for hydroxylation is 1. The minimum Gasteiger partial charge on any atom is -0.325 e. The van der Waals surface area contributed by atoms with Gasteiger partial charge in [-0.05, 0) is 49.9 Å². The summed E-state index contributed by atoms with van der Waals surface area (Å²) in [7, 11) is 1.62. The van der Waals surface area contributed by atoms with Gasteiger partial charge >= 0.3 is 6.18 Å². The lowest BCUT2D eigenvalue weighted by atomic mass is 9.81. The summed E-state index contributed by atoms with van der Waals surface area (Å²) in [6, 6.07) is 2.93. The predicted octanol–water partition coefficient (Wildman–Crippen LogP) is 5.46. The van der Waals surface area contributed by atoms with Crippen molar-refractivity contribution in [3.05, 3.63) is 76.6 Å². The number of pyridine rings is 1. The summed E-state index contributed by atoms with van der Waals surface area (Å²) < 4.78 is 83.7. The van der Waals surface area contributed by atoms with Crippen molar-refractivity contribution in [2.45, 2.75) is 43.9 Å². The Bertz CT molecular complexity index is 1550. The molecule has 0 aliphatic carbocycles. The Kier molecular flexibility index (Phi) is 5.15. The summed E-state index contributed by atoms with van der Waals surface area (Å²) in [5, 5.41) is 4.58. The third-order valence-corrected chi connectivity index (χ3v) is 7.23. The summed E-state index contributed by atoms with van der Waals surface area (Å²) in [6.45, 7) is 0. The maximum absolute atomic E-state index is 14.0.